The van der Waals surface area contributed by atoms with Gasteiger partial charge in [0.05, 0.1) is 22.3 Å². The lowest BCUT2D eigenvalue weighted by Crippen LogP contribution is -2.11. The Morgan fingerprint density at radius 2 is 0.562 bits per heavy atom. The van der Waals surface area contributed by atoms with Gasteiger partial charge in [-0.15, -0.1) is 0 Å². The molecule has 0 N–H and O–H groups in total. The van der Waals surface area contributed by atoms with Crippen LogP contribution in [-0.2, 0) is 0 Å². The SMILES string of the molecule is Cc1cc(C#Cc2cc(C)c(C(=[N+]=[N-])c3c4ccccc4c(-c4ccccc4)c4ccccc34)c(C)c2)cc(C#Cc2cc(C)c(C(=[N+]=[N-])c3c4ccccc4c(-c4ccccc4)c4ccccc34)c(C)c2)c1. The van der Waals surface area contributed by atoms with Crippen LogP contribution in [-0.4, -0.2) is 21.0 Å². The zero-order valence-corrected chi connectivity index (χ0v) is 41.3. The minimum Gasteiger partial charge on any atom is -0.361 e. The van der Waals surface area contributed by atoms with Crippen molar-refractivity contribution < 1.29 is 9.58 Å². The highest BCUT2D eigenvalue weighted by molar-refractivity contribution is 6.30. The Morgan fingerprint density at radius 1 is 0.301 bits per heavy atom. The zero-order valence-electron chi connectivity index (χ0n) is 41.3. The molecule has 4 heteroatoms. The van der Waals surface area contributed by atoms with Crippen molar-refractivity contribution in [2.75, 3.05) is 0 Å². The van der Waals surface area contributed by atoms with Gasteiger partial charge < -0.3 is 11.1 Å². The molecule has 0 radical (unpaired) electrons. The van der Waals surface area contributed by atoms with Gasteiger partial charge in [-0.25, -0.2) is 0 Å². The molecule has 0 aliphatic carbocycles. The Morgan fingerprint density at radius 3 is 0.849 bits per heavy atom. The van der Waals surface area contributed by atoms with E-state index in [4.69, 9.17) is 0 Å². The summed E-state index contributed by atoms with van der Waals surface area (Å²) in [6.45, 7) is 10.3. The molecular formula is C69H48N4. The Labute approximate surface area is 426 Å². The molecule has 0 saturated heterocycles. The maximum atomic E-state index is 10.9. The summed E-state index contributed by atoms with van der Waals surface area (Å²) in [5.41, 5.74) is 39.4. The normalized spacial score (nSPS) is 10.9. The predicted octanol–water partition coefficient (Wildman–Crippen LogP) is 16.1. The molecule has 0 unspecified atom stereocenters. The second-order valence-corrected chi connectivity index (χ2v) is 18.9. The molecule has 0 aliphatic heterocycles. The van der Waals surface area contributed by atoms with Crippen molar-refractivity contribution >= 4 is 54.5 Å². The fraction of sp³-hybridized carbons (Fsp3) is 0.0725. The molecule has 0 spiro atoms. The summed E-state index contributed by atoms with van der Waals surface area (Å²) in [6.07, 6.45) is 0. The largest absolute Gasteiger partial charge is 0.361 e. The van der Waals surface area contributed by atoms with Gasteiger partial charge in [0.25, 0.3) is 0 Å². The van der Waals surface area contributed by atoms with Gasteiger partial charge in [0.2, 0.25) is 0 Å². The molecule has 0 saturated carbocycles. The van der Waals surface area contributed by atoms with Gasteiger partial charge in [-0.05, 0) is 170 Å². The molecule has 11 aromatic carbocycles. The first-order chi connectivity index (χ1) is 35.7. The molecule has 73 heavy (non-hydrogen) atoms. The van der Waals surface area contributed by atoms with Crippen molar-refractivity contribution in [3.8, 4) is 45.9 Å². The molecule has 11 rings (SSSR count). The maximum Gasteiger partial charge on any atom is 0.331 e. The van der Waals surface area contributed by atoms with Crippen LogP contribution in [0.2, 0.25) is 0 Å². The quantitative estimate of drug-likeness (QED) is 0.0524. The van der Waals surface area contributed by atoms with E-state index in [9.17, 15) is 11.1 Å². The van der Waals surface area contributed by atoms with Crippen LogP contribution in [0.25, 0.3) is 76.4 Å². The minimum atomic E-state index is 0.529. The third kappa shape index (κ3) is 8.40. The Kier molecular flexibility index (Phi) is 12.1. The first-order valence-electron chi connectivity index (χ1n) is 24.5. The summed E-state index contributed by atoms with van der Waals surface area (Å²) >= 11 is 0. The van der Waals surface area contributed by atoms with E-state index in [0.717, 1.165) is 138 Å². The molecule has 0 fully saturated rings. The molecule has 344 valence electrons. The van der Waals surface area contributed by atoms with Crippen LogP contribution in [0.15, 0.2) is 200 Å². The summed E-state index contributed by atoms with van der Waals surface area (Å²) in [5.74, 6) is 13.7. The first kappa shape index (κ1) is 45.8. The van der Waals surface area contributed by atoms with Crippen molar-refractivity contribution in [1.29, 1.82) is 0 Å². The summed E-state index contributed by atoms with van der Waals surface area (Å²) in [7, 11) is 0. The predicted molar refractivity (Wildman–Crippen MR) is 302 cm³/mol. The van der Waals surface area contributed by atoms with E-state index in [1.807, 2.05) is 42.5 Å². The third-order valence-electron chi connectivity index (χ3n) is 14.0. The van der Waals surface area contributed by atoms with Gasteiger partial charge in [-0.1, -0.05) is 181 Å². The van der Waals surface area contributed by atoms with E-state index < -0.39 is 0 Å². The van der Waals surface area contributed by atoms with Gasteiger partial charge in [0.1, 0.15) is 0 Å². The lowest BCUT2D eigenvalue weighted by atomic mass is 9.83. The molecule has 0 heterocycles. The van der Waals surface area contributed by atoms with Crippen molar-refractivity contribution in [2.24, 2.45) is 0 Å². The molecule has 4 nitrogen and oxygen atoms in total. The monoisotopic (exact) mass is 932 g/mol. The van der Waals surface area contributed by atoms with Crippen LogP contribution in [0.5, 0.6) is 0 Å². The first-order valence-corrected chi connectivity index (χ1v) is 24.5. The van der Waals surface area contributed by atoms with Crippen LogP contribution in [0, 0.1) is 58.3 Å². The molecule has 0 aliphatic rings. The molecule has 11 aromatic rings. The van der Waals surface area contributed by atoms with Gasteiger partial charge in [-0.3, -0.25) is 0 Å². The van der Waals surface area contributed by atoms with Crippen LogP contribution >= 0.6 is 0 Å². The lowest BCUT2D eigenvalue weighted by Gasteiger charge is -2.16. The topological polar surface area (TPSA) is 72.8 Å². The maximum absolute atomic E-state index is 10.9. The second-order valence-electron chi connectivity index (χ2n) is 18.9. The number of aryl methyl sites for hydroxylation is 5. The van der Waals surface area contributed by atoms with E-state index in [2.05, 4.69) is 226 Å². The zero-order chi connectivity index (χ0) is 50.2. The lowest BCUT2D eigenvalue weighted by molar-refractivity contribution is -0.00310. The van der Waals surface area contributed by atoms with Gasteiger partial charge in [0.15, 0.2) is 0 Å². The van der Waals surface area contributed by atoms with Crippen molar-refractivity contribution in [3.63, 3.8) is 0 Å². The number of fused-ring (bicyclic) bond motifs is 4. The smallest absolute Gasteiger partial charge is 0.331 e. The molecule has 0 amide bonds. The minimum absolute atomic E-state index is 0.529. The summed E-state index contributed by atoms with van der Waals surface area (Å²) in [6, 6.07) is 69.0. The number of hydrogen-bond donors (Lipinski definition) is 0. The third-order valence-corrected chi connectivity index (χ3v) is 14.0. The number of rotatable bonds is 6. The molecule has 0 aromatic heterocycles. The van der Waals surface area contributed by atoms with E-state index in [0.29, 0.717) is 11.4 Å². The average molecular weight is 933 g/mol. The standard InChI is InChI=1S/C69H48N4/c1-43-36-48(32-34-50-38-44(2)62(45(3)39-50)68(72-70)66-58-28-16-12-24-54(58)64(52-20-8-6-9-21-52)55-25-13-17-29-59(55)66)42-49(37-43)33-35-51-40-46(4)63(47(5)41-51)69(73-71)67-60-30-18-14-26-56(60)65(53-22-10-7-11-23-53)57-27-15-19-31-61(57)67/h6-31,36-42H,1-5H3. The van der Waals surface area contributed by atoms with Gasteiger partial charge in [0, 0.05) is 22.3 Å². The molecule has 0 atom stereocenters. The number of nitrogens with zero attached hydrogens (tertiary/aromatic N) is 4. The molecule has 0 bridgehead atoms. The number of benzene rings is 11. The highest BCUT2D eigenvalue weighted by Crippen LogP contribution is 2.42. The highest BCUT2D eigenvalue weighted by atomic mass is 14.9. The Balaban J connectivity index is 0.909. The van der Waals surface area contributed by atoms with E-state index in [1.54, 1.807) is 0 Å². The van der Waals surface area contributed by atoms with Crippen molar-refractivity contribution in [3.05, 3.63) is 284 Å². The fourth-order valence-corrected chi connectivity index (χ4v) is 11.1. The summed E-state index contributed by atoms with van der Waals surface area (Å²) < 4.78 is 0. The average Bonchev–Trinajstić information content (AvgIpc) is 3.41. The van der Waals surface area contributed by atoms with Crippen LogP contribution in [0.4, 0.5) is 0 Å². The highest BCUT2D eigenvalue weighted by Gasteiger charge is 2.29. The van der Waals surface area contributed by atoms with Crippen LogP contribution in [0.3, 0.4) is 0 Å². The van der Waals surface area contributed by atoms with Crippen molar-refractivity contribution in [1.82, 2.24) is 0 Å². The van der Waals surface area contributed by atoms with E-state index >= 15 is 0 Å². The van der Waals surface area contributed by atoms with Crippen LogP contribution < -0.4 is 0 Å². The molecular weight excluding hydrogens is 885 g/mol. The Bertz CT molecular complexity index is 3880. The van der Waals surface area contributed by atoms with Crippen LogP contribution in [0.1, 0.15) is 72.3 Å². The fourth-order valence-electron chi connectivity index (χ4n) is 11.1. The van der Waals surface area contributed by atoms with E-state index in [1.165, 1.54) is 0 Å². The van der Waals surface area contributed by atoms with Gasteiger partial charge >= 0.3 is 11.4 Å². The number of hydrogen-bond acceptors (Lipinski definition) is 0. The summed E-state index contributed by atoms with van der Waals surface area (Å²) in [5, 5.41) is 8.46. The second kappa shape index (κ2) is 19.3. The Hall–Kier alpha value is -9.66. The summed E-state index contributed by atoms with van der Waals surface area (Å²) in [4.78, 5) is 8.11. The van der Waals surface area contributed by atoms with Gasteiger partial charge in [-0.2, -0.15) is 9.58 Å². The van der Waals surface area contributed by atoms with E-state index in [-0.39, 0.29) is 0 Å². The van der Waals surface area contributed by atoms with Crippen molar-refractivity contribution in [2.45, 2.75) is 34.6 Å².